The van der Waals surface area contributed by atoms with Crippen LogP contribution in [0.2, 0.25) is 0 Å². The fraction of sp³-hybridized carbons (Fsp3) is 0.769. The van der Waals surface area contributed by atoms with Gasteiger partial charge in [0.15, 0.2) is 5.69 Å². The molecule has 0 saturated heterocycles. The second kappa shape index (κ2) is 5.33. The Bertz CT molecular complexity index is 389. The SMILES string of the molecule is CCc1cn(CC2CCCCC2)nc1C(F)(F)F. The largest absolute Gasteiger partial charge is 0.435 e. The van der Waals surface area contributed by atoms with E-state index in [2.05, 4.69) is 5.10 Å². The zero-order valence-corrected chi connectivity index (χ0v) is 10.6. The molecule has 1 aliphatic rings. The molecule has 0 amide bonds. The van der Waals surface area contributed by atoms with Crippen molar-refractivity contribution in [3.63, 3.8) is 0 Å². The lowest BCUT2D eigenvalue weighted by molar-refractivity contribution is -0.142. The number of hydrogen-bond donors (Lipinski definition) is 0. The van der Waals surface area contributed by atoms with Crippen LogP contribution in [0, 0.1) is 5.92 Å². The molecule has 0 spiro atoms. The topological polar surface area (TPSA) is 17.8 Å². The molecule has 2 rings (SSSR count). The van der Waals surface area contributed by atoms with Crippen LogP contribution in [-0.2, 0) is 19.1 Å². The summed E-state index contributed by atoms with van der Waals surface area (Å²) in [5.74, 6) is 0.490. The summed E-state index contributed by atoms with van der Waals surface area (Å²) in [5, 5.41) is 3.74. The number of alkyl halides is 3. The Morgan fingerprint density at radius 2 is 1.94 bits per heavy atom. The van der Waals surface area contributed by atoms with Crippen molar-refractivity contribution < 1.29 is 13.2 Å². The lowest BCUT2D eigenvalue weighted by Crippen LogP contribution is -2.15. The van der Waals surface area contributed by atoms with Crippen molar-refractivity contribution in [3.05, 3.63) is 17.5 Å². The molecular weight excluding hydrogens is 241 g/mol. The molecule has 0 aliphatic heterocycles. The fourth-order valence-electron chi connectivity index (χ4n) is 2.69. The van der Waals surface area contributed by atoms with E-state index in [0.717, 1.165) is 12.8 Å². The number of aryl methyl sites for hydroxylation is 1. The van der Waals surface area contributed by atoms with E-state index < -0.39 is 11.9 Å². The van der Waals surface area contributed by atoms with Crippen LogP contribution in [0.1, 0.15) is 50.3 Å². The Kier molecular flexibility index (Phi) is 3.97. The minimum atomic E-state index is -4.33. The average molecular weight is 260 g/mol. The van der Waals surface area contributed by atoms with E-state index in [1.54, 1.807) is 13.1 Å². The maximum Gasteiger partial charge on any atom is 0.435 e. The summed E-state index contributed by atoms with van der Waals surface area (Å²) < 4.78 is 39.8. The average Bonchev–Trinajstić information content (AvgIpc) is 2.73. The summed E-state index contributed by atoms with van der Waals surface area (Å²) in [7, 11) is 0. The summed E-state index contributed by atoms with van der Waals surface area (Å²) >= 11 is 0. The first-order chi connectivity index (χ1) is 8.50. The van der Waals surface area contributed by atoms with Gasteiger partial charge in [0.05, 0.1) is 0 Å². The highest BCUT2D eigenvalue weighted by molar-refractivity contribution is 5.19. The Morgan fingerprint density at radius 3 is 2.44 bits per heavy atom. The van der Waals surface area contributed by atoms with Crippen LogP contribution in [0.15, 0.2) is 6.20 Å². The van der Waals surface area contributed by atoms with Crippen molar-refractivity contribution in [2.75, 3.05) is 0 Å². The Labute approximate surface area is 105 Å². The van der Waals surface area contributed by atoms with E-state index in [-0.39, 0.29) is 0 Å². The number of nitrogens with zero attached hydrogens (tertiary/aromatic N) is 2. The first kappa shape index (κ1) is 13.4. The van der Waals surface area contributed by atoms with Gasteiger partial charge < -0.3 is 0 Å². The van der Waals surface area contributed by atoms with Gasteiger partial charge in [0, 0.05) is 18.3 Å². The van der Waals surface area contributed by atoms with Crippen molar-refractivity contribution in [2.24, 2.45) is 5.92 Å². The zero-order valence-electron chi connectivity index (χ0n) is 10.6. The first-order valence-electron chi connectivity index (χ1n) is 6.64. The lowest BCUT2D eigenvalue weighted by Gasteiger charge is -2.21. The highest BCUT2D eigenvalue weighted by Crippen LogP contribution is 2.32. The molecule has 1 fully saturated rings. The first-order valence-corrected chi connectivity index (χ1v) is 6.64. The molecule has 2 nitrogen and oxygen atoms in total. The maximum atomic E-state index is 12.8. The van der Waals surface area contributed by atoms with E-state index in [4.69, 9.17) is 0 Å². The second-order valence-electron chi connectivity index (χ2n) is 5.08. The molecule has 102 valence electrons. The summed E-state index contributed by atoms with van der Waals surface area (Å²) in [6.07, 6.45) is 3.48. The summed E-state index contributed by atoms with van der Waals surface area (Å²) in [5.41, 5.74) is -0.404. The van der Waals surface area contributed by atoms with Gasteiger partial charge in [0.2, 0.25) is 0 Å². The molecule has 1 aromatic heterocycles. The lowest BCUT2D eigenvalue weighted by atomic mass is 9.89. The Balaban J connectivity index is 2.11. The molecule has 0 unspecified atom stereocenters. The number of aromatic nitrogens is 2. The number of hydrogen-bond acceptors (Lipinski definition) is 1. The van der Waals surface area contributed by atoms with Gasteiger partial charge in [-0.2, -0.15) is 18.3 Å². The van der Waals surface area contributed by atoms with Gasteiger partial charge in [0.1, 0.15) is 0 Å². The maximum absolute atomic E-state index is 12.8. The monoisotopic (exact) mass is 260 g/mol. The molecule has 1 heterocycles. The third-order valence-electron chi connectivity index (χ3n) is 3.66. The van der Waals surface area contributed by atoms with Crippen molar-refractivity contribution in [3.8, 4) is 0 Å². The van der Waals surface area contributed by atoms with E-state index in [1.807, 2.05) is 0 Å². The molecule has 0 atom stereocenters. The molecule has 1 saturated carbocycles. The van der Waals surface area contributed by atoms with E-state index >= 15 is 0 Å². The van der Waals surface area contributed by atoms with Crippen molar-refractivity contribution in [2.45, 2.75) is 58.2 Å². The van der Waals surface area contributed by atoms with Gasteiger partial charge in [-0.15, -0.1) is 0 Å². The third-order valence-corrected chi connectivity index (χ3v) is 3.66. The van der Waals surface area contributed by atoms with Crippen LogP contribution in [0.3, 0.4) is 0 Å². The van der Waals surface area contributed by atoms with Crippen molar-refractivity contribution in [1.82, 2.24) is 9.78 Å². The predicted octanol–water partition coefficient (Wildman–Crippen LogP) is 4.04. The van der Waals surface area contributed by atoms with Gasteiger partial charge in [-0.3, -0.25) is 4.68 Å². The normalized spacial score (nSPS) is 18.2. The molecule has 0 N–H and O–H groups in total. The Hall–Kier alpha value is -1.00. The predicted molar refractivity (Wildman–Crippen MR) is 63.2 cm³/mol. The van der Waals surface area contributed by atoms with Crippen LogP contribution in [0.4, 0.5) is 13.2 Å². The Morgan fingerprint density at radius 1 is 1.28 bits per heavy atom. The van der Waals surface area contributed by atoms with Gasteiger partial charge in [-0.05, 0) is 25.2 Å². The summed E-state index contributed by atoms with van der Waals surface area (Å²) in [6.45, 7) is 2.36. The van der Waals surface area contributed by atoms with Gasteiger partial charge in [-0.1, -0.05) is 26.2 Å². The summed E-state index contributed by atoms with van der Waals surface area (Å²) in [6, 6.07) is 0. The molecule has 1 aromatic rings. The highest BCUT2D eigenvalue weighted by Gasteiger charge is 2.36. The van der Waals surface area contributed by atoms with Crippen LogP contribution >= 0.6 is 0 Å². The fourth-order valence-corrected chi connectivity index (χ4v) is 2.69. The van der Waals surface area contributed by atoms with Crippen LogP contribution in [-0.4, -0.2) is 9.78 Å². The standard InChI is InChI=1S/C13H19F3N2/c1-2-11-9-18(17-12(11)13(14,15)16)8-10-6-4-3-5-7-10/h9-10H,2-8H2,1H3. The van der Waals surface area contributed by atoms with Crippen molar-refractivity contribution >= 4 is 0 Å². The molecule has 0 bridgehead atoms. The van der Waals surface area contributed by atoms with Crippen molar-refractivity contribution in [1.29, 1.82) is 0 Å². The van der Waals surface area contributed by atoms with E-state index in [1.165, 1.54) is 23.9 Å². The molecule has 5 heteroatoms. The molecule has 0 aromatic carbocycles. The molecule has 18 heavy (non-hydrogen) atoms. The minimum absolute atomic E-state index is 0.304. The quantitative estimate of drug-likeness (QED) is 0.801. The molecule has 0 radical (unpaired) electrons. The van der Waals surface area contributed by atoms with E-state index in [0.29, 0.717) is 24.4 Å². The smallest absolute Gasteiger partial charge is 0.272 e. The third kappa shape index (κ3) is 3.06. The minimum Gasteiger partial charge on any atom is -0.272 e. The summed E-state index contributed by atoms with van der Waals surface area (Å²) in [4.78, 5) is 0. The van der Waals surface area contributed by atoms with Gasteiger partial charge in [-0.25, -0.2) is 0 Å². The zero-order chi connectivity index (χ0) is 13.2. The number of halogens is 3. The van der Waals surface area contributed by atoms with E-state index in [9.17, 15) is 13.2 Å². The van der Waals surface area contributed by atoms with Gasteiger partial charge >= 0.3 is 6.18 Å². The molecule has 1 aliphatic carbocycles. The van der Waals surface area contributed by atoms with Crippen LogP contribution in [0.5, 0.6) is 0 Å². The number of rotatable bonds is 3. The highest BCUT2D eigenvalue weighted by atomic mass is 19.4. The van der Waals surface area contributed by atoms with Crippen LogP contribution in [0.25, 0.3) is 0 Å². The van der Waals surface area contributed by atoms with Crippen LogP contribution < -0.4 is 0 Å². The van der Waals surface area contributed by atoms with Gasteiger partial charge in [0.25, 0.3) is 0 Å². The second-order valence-corrected chi connectivity index (χ2v) is 5.08. The molecular formula is C13H19F3N2.